The number of rotatable bonds is 6. The van der Waals surface area contributed by atoms with Gasteiger partial charge < -0.3 is 14.6 Å². The van der Waals surface area contributed by atoms with Crippen LogP contribution in [0.1, 0.15) is 49.3 Å². The highest BCUT2D eigenvalue weighted by atomic mass is 79.9. The standard InChI is InChI=1S/C35H32BrN5O4/c1-35(2,3)23-13-17-25(18-14-23)45-29-19-12-22(20-28(29)41(43)44)32-30(33-37-26-8-6-7-9-27(26)38-33)31(39(4)34(42)40(32)5)21-10-15-24(36)16-11-21/h6-20,32H,1-5H3,(H,37,38). The largest absolute Gasteiger partial charge is 0.450 e. The van der Waals surface area contributed by atoms with E-state index in [4.69, 9.17) is 9.72 Å². The van der Waals surface area contributed by atoms with E-state index >= 15 is 0 Å². The number of aromatic amines is 1. The molecule has 1 N–H and O–H groups in total. The molecule has 1 aromatic heterocycles. The Morgan fingerprint density at radius 3 is 2.29 bits per heavy atom. The van der Waals surface area contributed by atoms with Crippen LogP contribution in [0.15, 0.2) is 95.5 Å². The Morgan fingerprint density at radius 1 is 0.956 bits per heavy atom. The number of likely N-dealkylation sites (N-methyl/N-ethyl adjacent to an activating group) is 1. The topological polar surface area (TPSA) is 105 Å². The van der Waals surface area contributed by atoms with Gasteiger partial charge in [0.1, 0.15) is 11.6 Å². The third kappa shape index (κ3) is 5.69. The third-order valence-electron chi connectivity index (χ3n) is 8.05. The van der Waals surface area contributed by atoms with Gasteiger partial charge in [0.15, 0.2) is 0 Å². The van der Waals surface area contributed by atoms with Crippen LogP contribution in [0, 0.1) is 10.1 Å². The van der Waals surface area contributed by atoms with Crippen molar-refractivity contribution in [1.29, 1.82) is 0 Å². The smallest absolute Gasteiger partial charge is 0.324 e. The molecule has 0 aliphatic carbocycles. The molecule has 0 spiro atoms. The number of benzene rings is 4. The summed E-state index contributed by atoms with van der Waals surface area (Å²) in [6.45, 7) is 6.36. The Labute approximate surface area is 269 Å². The van der Waals surface area contributed by atoms with Gasteiger partial charge in [0.2, 0.25) is 5.75 Å². The number of para-hydroxylation sites is 2. The van der Waals surface area contributed by atoms with Crippen molar-refractivity contribution in [2.45, 2.75) is 32.2 Å². The lowest BCUT2D eigenvalue weighted by molar-refractivity contribution is -0.385. The molecule has 1 unspecified atom stereocenters. The fourth-order valence-corrected chi connectivity index (χ4v) is 5.96. The average Bonchev–Trinajstić information content (AvgIpc) is 3.44. The maximum atomic E-state index is 13.8. The lowest BCUT2D eigenvalue weighted by atomic mass is 9.87. The molecule has 6 rings (SSSR count). The zero-order valence-electron chi connectivity index (χ0n) is 25.5. The zero-order chi connectivity index (χ0) is 32.0. The van der Waals surface area contributed by atoms with Crippen LogP contribution in [0.25, 0.3) is 22.3 Å². The zero-order valence-corrected chi connectivity index (χ0v) is 27.1. The number of hydrogen-bond acceptors (Lipinski definition) is 5. The van der Waals surface area contributed by atoms with Crippen LogP contribution < -0.4 is 4.74 Å². The highest BCUT2D eigenvalue weighted by Crippen LogP contribution is 2.46. The number of hydrogen-bond donors (Lipinski definition) is 1. The Hall–Kier alpha value is -4.96. The third-order valence-corrected chi connectivity index (χ3v) is 8.57. The fraction of sp³-hybridized carbons (Fsp3) is 0.200. The summed E-state index contributed by atoms with van der Waals surface area (Å²) >= 11 is 3.50. The highest BCUT2D eigenvalue weighted by Gasteiger charge is 2.40. The number of nitro groups is 1. The van der Waals surface area contributed by atoms with Crippen molar-refractivity contribution < 1.29 is 14.5 Å². The predicted octanol–water partition coefficient (Wildman–Crippen LogP) is 8.93. The number of nitrogens with one attached hydrogen (secondary N) is 1. The van der Waals surface area contributed by atoms with E-state index in [0.717, 1.165) is 26.6 Å². The van der Waals surface area contributed by atoms with Crippen molar-refractivity contribution in [3.63, 3.8) is 0 Å². The molecule has 0 saturated carbocycles. The molecule has 5 aromatic rings. The summed E-state index contributed by atoms with van der Waals surface area (Å²) in [7, 11) is 3.41. The summed E-state index contributed by atoms with van der Waals surface area (Å²) in [5, 5.41) is 12.4. The van der Waals surface area contributed by atoms with Gasteiger partial charge in [-0.3, -0.25) is 15.0 Å². The van der Waals surface area contributed by atoms with Crippen LogP contribution in [-0.2, 0) is 5.41 Å². The molecule has 2 amide bonds. The van der Waals surface area contributed by atoms with Gasteiger partial charge in [0, 0.05) is 30.2 Å². The van der Waals surface area contributed by atoms with Crippen LogP contribution >= 0.6 is 15.9 Å². The fourth-order valence-electron chi connectivity index (χ4n) is 5.70. The molecule has 0 saturated heterocycles. The number of carbonyl (C=O) groups excluding carboxylic acids is 1. The van der Waals surface area contributed by atoms with Crippen LogP contribution in [0.5, 0.6) is 11.5 Å². The highest BCUT2D eigenvalue weighted by molar-refractivity contribution is 9.10. The summed E-state index contributed by atoms with van der Waals surface area (Å²) in [6, 6.07) is 26.8. The first kappa shape index (κ1) is 30.1. The summed E-state index contributed by atoms with van der Waals surface area (Å²) in [4.78, 5) is 37.2. The normalized spacial score (nSPS) is 15.6. The molecule has 9 nitrogen and oxygen atoms in total. The number of imidazole rings is 1. The van der Waals surface area contributed by atoms with Crippen molar-refractivity contribution in [1.82, 2.24) is 19.8 Å². The molecule has 0 bridgehead atoms. The molecule has 2 heterocycles. The minimum atomic E-state index is -0.702. The quantitative estimate of drug-likeness (QED) is 0.144. The van der Waals surface area contributed by atoms with Gasteiger partial charge in [0.05, 0.1) is 27.7 Å². The van der Waals surface area contributed by atoms with Crippen molar-refractivity contribution in [2.24, 2.45) is 0 Å². The second-order valence-corrected chi connectivity index (χ2v) is 13.0. The number of ether oxygens (including phenoxy) is 1. The number of fused-ring (bicyclic) bond motifs is 1. The van der Waals surface area contributed by atoms with Gasteiger partial charge in [-0.15, -0.1) is 0 Å². The Bertz CT molecular complexity index is 1930. The van der Waals surface area contributed by atoms with E-state index in [0.29, 0.717) is 28.4 Å². The van der Waals surface area contributed by atoms with Crippen molar-refractivity contribution in [3.8, 4) is 11.5 Å². The number of carbonyl (C=O) groups is 1. The SMILES string of the molecule is CN1C(=O)N(C)C(c2ccc(Oc3ccc(C(C)(C)C)cc3)c([N+](=O)[O-])c2)C(c2nc3ccccc3[nH]2)=C1c1ccc(Br)cc1. The minimum Gasteiger partial charge on any atom is -0.450 e. The van der Waals surface area contributed by atoms with Gasteiger partial charge >= 0.3 is 11.7 Å². The first-order chi connectivity index (χ1) is 21.4. The second kappa shape index (κ2) is 11.5. The van der Waals surface area contributed by atoms with Gasteiger partial charge in [-0.25, -0.2) is 9.78 Å². The lowest BCUT2D eigenvalue weighted by Crippen LogP contribution is -2.45. The molecule has 1 aliphatic heterocycles. The van der Waals surface area contributed by atoms with E-state index in [1.807, 2.05) is 72.8 Å². The Kier molecular flexibility index (Phi) is 7.70. The van der Waals surface area contributed by atoms with Gasteiger partial charge in [-0.1, -0.05) is 79.2 Å². The molecular formula is C35H32BrN5O4. The van der Waals surface area contributed by atoms with E-state index in [9.17, 15) is 14.9 Å². The van der Waals surface area contributed by atoms with Gasteiger partial charge in [-0.2, -0.15) is 0 Å². The number of amides is 2. The molecule has 1 aliphatic rings. The molecule has 0 fully saturated rings. The van der Waals surface area contributed by atoms with Gasteiger partial charge in [-0.05, 0) is 64.6 Å². The molecule has 10 heteroatoms. The number of urea groups is 1. The molecule has 228 valence electrons. The van der Waals surface area contributed by atoms with Crippen LogP contribution in [0.4, 0.5) is 10.5 Å². The number of nitrogens with zero attached hydrogens (tertiary/aromatic N) is 4. The van der Waals surface area contributed by atoms with Crippen molar-refractivity contribution in [3.05, 3.63) is 128 Å². The van der Waals surface area contributed by atoms with Crippen LogP contribution in [0.3, 0.4) is 0 Å². The van der Waals surface area contributed by atoms with E-state index in [1.165, 1.54) is 6.07 Å². The lowest BCUT2D eigenvalue weighted by Gasteiger charge is -2.41. The maximum Gasteiger partial charge on any atom is 0.324 e. The second-order valence-electron chi connectivity index (χ2n) is 12.1. The molecule has 1 atom stereocenters. The number of nitro benzene ring substituents is 1. The summed E-state index contributed by atoms with van der Waals surface area (Å²) in [5.41, 5.74) is 5.19. The van der Waals surface area contributed by atoms with Crippen LogP contribution in [-0.4, -0.2) is 44.8 Å². The minimum absolute atomic E-state index is 0.0378. The first-order valence-electron chi connectivity index (χ1n) is 14.4. The van der Waals surface area contributed by atoms with Crippen molar-refractivity contribution in [2.75, 3.05) is 14.1 Å². The summed E-state index contributed by atoms with van der Waals surface area (Å²) in [6.07, 6.45) is 0. The monoisotopic (exact) mass is 665 g/mol. The Balaban J connectivity index is 1.51. The average molecular weight is 667 g/mol. The first-order valence-corrected chi connectivity index (χ1v) is 15.2. The number of H-pyrrole nitrogens is 1. The van der Waals surface area contributed by atoms with Crippen LogP contribution in [0.2, 0.25) is 0 Å². The molecule has 0 radical (unpaired) electrons. The van der Waals surface area contributed by atoms with E-state index in [-0.39, 0.29) is 22.9 Å². The predicted molar refractivity (Wildman–Crippen MR) is 179 cm³/mol. The van der Waals surface area contributed by atoms with Gasteiger partial charge in [0.25, 0.3) is 0 Å². The molecule has 45 heavy (non-hydrogen) atoms. The summed E-state index contributed by atoms with van der Waals surface area (Å²) in [5.74, 6) is 1.16. The Morgan fingerprint density at radius 2 is 1.64 bits per heavy atom. The number of aromatic nitrogens is 2. The number of halogens is 1. The van der Waals surface area contributed by atoms with E-state index in [1.54, 1.807) is 36.0 Å². The van der Waals surface area contributed by atoms with E-state index < -0.39 is 11.0 Å². The molecule has 4 aromatic carbocycles. The summed E-state index contributed by atoms with van der Waals surface area (Å²) < 4.78 is 6.93. The van der Waals surface area contributed by atoms with E-state index in [2.05, 4.69) is 41.7 Å². The maximum absolute atomic E-state index is 13.8. The molecular weight excluding hydrogens is 634 g/mol. The van der Waals surface area contributed by atoms with Crippen molar-refractivity contribution >= 4 is 50.0 Å².